The number of nitrogens with one attached hydrogen (secondary N) is 1. The molecule has 1 aromatic carbocycles. The van der Waals surface area contributed by atoms with E-state index in [1.54, 1.807) is 24.3 Å². The third-order valence-corrected chi connectivity index (χ3v) is 2.66. The van der Waals surface area contributed by atoms with E-state index in [1.165, 1.54) is 11.9 Å². The third-order valence-electron chi connectivity index (χ3n) is 2.66. The maximum absolute atomic E-state index is 11.7. The van der Waals surface area contributed by atoms with E-state index >= 15 is 0 Å². The summed E-state index contributed by atoms with van der Waals surface area (Å²) < 4.78 is 5.12. The SMILES string of the molecule is CC[C@@H](C)NC(=O)CN(C)C(=O)Oc1ccccc1. The van der Waals surface area contributed by atoms with Gasteiger partial charge in [0.25, 0.3) is 0 Å². The lowest BCUT2D eigenvalue weighted by Crippen LogP contribution is -2.42. The molecule has 0 saturated carbocycles. The highest BCUT2D eigenvalue weighted by molar-refractivity contribution is 5.82. The van der Waals surface area contributed by atoms with Crippen molar-refractivity contribution in [2.24, 2.45) is 0 Å². The number of carbonyl (C=O) groups is 2. The Bertz CT molecular complexity index is 420. The zero-order chi connectivity index (χ0) is 14.3. The van der Waals surface area contributed by atoms with Gasteiger partial charge in [0.2, 0.25) is 5.91 Å². The van der Waals surface area contributed by atoms with Crippen molar-refractivity contribution >= 4 is 12.0 Å². The molecule has 5 nitrogen and oxygen atoms in total. The third kappa shape index (κ3) is 5.42. The van der Waals surface area contributed by atoms with Crippen molar-refractivity contribution in [3.05, 3.63) is 30.3 Å². The molecule has 0 fully saturated rings. The van der Waals surface area contributed by atoms with Gasteiger partial charge in [0.1, 0.15) is 12.3 Å². The first-order valence-electron chi connectivity index (χ1n) is 6.30. The summed E-state index contributed by atoms with van der Waals surface area (Å²) in [7, 11) is 1.53. The van der Waals surface area contributed by atoms with Gasteiger partial charge in [-0.05, 0) is 25.5 Å². The Morgan fingerprint density at radius 2 is 1.95 bits per heavy atom. The van der Waals surface area contributed by atoms with Gasteiger partial charge in [0.15, 0.2) is 0 Å². The lowest BCUT2D eigenvalue weighted by Gasteiger charge is -2.18. The molecule has 2 amide bonds. The molecule has 0 radical (unpaired) electrons. The first kappa shape index (κ1) is 15.0. The van der Waals surface area contributed by atoms with Crippen LogP contribution in [0.15, 0.2) is 30.3 Å². The molecule has 5 heteroatoms. The molecule has 0 aromatic heterocycles. The molecular formula is C14H20N2O3. The van der Waals surface area contributed by atoms with E-state index in [2.05, 4.69) is 5.32 Å². The Morgan fingerprint density at radius 3 is 2.53 bits per heavy atom. The van der Waals surface area contributed by atoms with Crippen molar-refractivity contribution in [3.8, 4) is 5.75 Å². The molecule has 1 atom stereocenters. The van der Waals surface area contributed by atoms with Crippen molar-refractivity contribution in [3.63, 3.8) is 0 Å². The van der Waals surface area contributed by atoms with Gasteiger partial charge in [-0.15, -0.1) is 0 Å². The minimum atomic E-state index is -0.550. The topological polar surface area (TPSA) is 58.6 Å². The van der Waals surface area contributed by atoms with Crippen LogP contribution in [0.3, 0.4) is 0 Å². The van der Waals surface area contributed by atoms with Crippen LogP contribution < -0.4 is 10.1 Å². The van der Waals surface area contributed by atoms with E-state index in [1.807, 2.05) is 19.9 Å². The molecule has 0 unspecified atom stereocenters. The summed E-state index contributed by atoms with van der Waals surface area (Å²) in [5.41, 5.74) is 0. The quantitative estimate of drug-likeness (QED) is 0.885. The normalized spacial score (nSPS) is 11.5. The summed E-state index contributed by atoms with van der Waals surface area (Å²) in [5, 5.41) is 2.79. The molecule has 1 aromatic rings. The summed E-state index contributed by atoms with van der Waals surface area (Å²) in [6.07, 6.45) is 0.301. The zero-order valence-corrected chi connectivity index (χ0v) is 11.6. The minimum Gasteiger partial charge on any atom is -0.410 e. The van der Waals surface area contributed by atoms with E-state index < -0.39 is 6.09 Å². The van der Waals surface area contributed by atoms with Crippen LogP contribution in [0, 0.1) is 0 Å². The maximum atomic E-state index is 11.7. The standard InChI is InChI=1S/C14H20N2O3/c1-4-11(2)15-13(17)10-16(3)14(18)19-12-8-6-5-7-9-12/h5-9,11H,4,10H2,1-3H3,(H,15,17)/t11-/m1/s1. The molecule has 0 aliphatic heterocycles. The number of ether oxygens (including phenoxy) is 1. The van der Waals surface area contributed by atoms with Crippen molar-refractivity contribution in [2.75, 3.05) is 13.6 Å². The van der Waals surface area contributed by atoms with Gasteiger partial charge in [-0.1, -0.05) is 25.1 Å². The zero-order valence-electron chi connectivity index (χ0n) is 11.6. The Labute approximate surface area is 113 Å². The first-order valence-corrected chi connectivity index (χ1v) is 6.30. The molecule has 0 aliphatic carbocycles. The summed E-state index contributed by atoms with van der Waals surface area (Å²) in [4.78, 5) is 24.6. The number of rotatable bonds is 5. The number of para-hydroxylation sites is 1. The average molecular weight is 264 g/mol. The fourth-order valence-corrected chi connectivity index (χ4v) is 1.37. The largest absolute Gasteiger partial charge is 0.415 e. The minimum absolute atomic E-state index is 0.0179. The predicted octanol–water partition coefficient (Wildman–Crippen LogP) is 2.03. The van der Waals surface area contributed by atoms with Crippen molar-refractivity contribution < 1.29 is 14.3 Å². The van der Waals surface area contributed by atoms with Gasteiger partial charge in [-0.25, -0.2) is 4.79 Å². The molecule has 0 heterocycles. The highest BCUT2D eigenvalue weighted by Gasteiger charge is 2.15. The van der Waals surface area contributed by atoms with Gasteiger partial charge < -0.3 is 15.0 Å². The lowest BCUT2D eigenvalue weighted by atomic mass is 10.2. The Hall–Kier alpha value is -2.04. The molecule has 104 valence electrons. The van der Waals surface area contributed by atoms with Gasteiger partial charge in [-0.2, -0.15) is 0 Å². The number of carbonyl (C=O) groups excluding carboxylic acids is 2. The van der Waals surface area contributed by atoms with Crippen molar-refractivity contribution in [2.45, 2.75) is 26.3 Å². The van der Waals surface area contributed by atoms with E-state index in [0.29, 0.717) is 5.75 Å². The van der Waals surface area contributed by atoms with Gasteiger partial charge in [0.05, 0.1) is 0 Å². The second-order valence-corrected chi connectivity index (χ2v) is 4.41. The summed E-state index contributed by atoms with van der Waals surface area (Å²) in [6, 6.07) is 8.86. The van der Waals surface area contributed by atoms with Crippen LogP contribution in [0.5, 0.6) is 5.75 Å². The molecular weight excluding hydrogens is 244 g/mol. The predicted molar refractivity (Wildman–Crippen MR) is 73.0 cm³/mol. The number of benzene rings is 1. The molecule has 1 rings (SSSR count). The monoisotopic (exact) mass is 264 g/mol. The highest BCUT2D eigenvalue weighted by Crippen LogP contribution is 2.09. The fourth-order valence-electron chi connectivity index (χ4n) is 1.37. The number of hydrogen-bond donors (Lipinski definition) is 1. The fraction of sp³-hybridized carbons (Fsp3) is 0.429. The van der Waals surface area contributed by atoms with Crippen molar-refractivity contribution in [1.82, 2.24) is 10.2 Å². The molecule has 19 heavy (non-hydrogen) atoms. The van der Waals surface area contributed by atoms with E-state index in [4.69, 9.17) is 4.74 Å². The summed E-state index contributed by atoms with van der Waals surface area (Å²) in [5.74, 6) is 0.267. The van der Waals surface area contributed by atoms with E-state index in [0.717, 1.165) is 6.42 Å². The molecule has 0 spiro atoms. The van der Waals surface area contributed by atoms with Crippen LogP contribution in [-0.2, 0) is 4.79 Å². The Balaban J connectivity index is 2.43. The Kier molecular flexibility index (Phi) is 5.85. The highest BCUT2D eigenvalue weighted by atomic mass is 16.6. The molecule has 1 N–H and O–H groups in total. The van der Waals surface area contributed by atoms with Crippen LogP contribution in [-0.4, -0.2) is 36.5 Å². The van der Waals surface area contributed by atoms with Gasteiger partial charge in [-0.3, -0.25) is 4.79 Å². The molecule has 0 bridgehead atoms. The second kappa shape index (κ2) is 7.41. The van der Waals surface area contributed by atoms with Crippen LogP contribution in [0.25, 0.3) is 0 Å². The molecule has 0 aliphatic rings. The maximum Gasteiger partial charge on any atom is 0.415 e. The van der Waals surface area contributed by atoms with Gasteiger partial charge >= 0.3 is 6.09 Å². The van der Waals surface area contributed by atoms with E-state index in [-0.39, 0.29) is 18.5 Å². The second-order valence-electron chi connectivity index (χ2n) is 4.41. The summed E-state index contributed by atoms with van der Waals surface area (Å²) in [6.45, 7) is 3.88. The van der Waals surface area contributed by atoms with Crippen LogP contribution >= 0.6 is 0 Å². The number of hydrogen-bond acceptors (Lipinski definition) is 3. The van der Waals surface area contributed by atoms with Gasteiger partial charge in [0, 0.05) is 13.1 Å². The van der Waals surface area contributed by atoms with E-state index in [9.17, 15) is 9.59 Å². The van der Waals surface area contributed by atoms with Crippen LogP contribution in [0.1, 0.15) is 20.3 Å². The van der Waals surface area contributed by atoms with Crippen LogP contribution in [0.4, 0.5) is 4.79 Å². The summed E-state index contributed by atoms with van der Waals surface area (Å²) >= 11 is 0. The number of amides is 2. The Morgan fingerprint density at radius 1 is 1.32 bits per heavy atom. The average Bonchev–Trinajstić information content (AvgIpc) is 2.39. The number of likely N-dealkylation sites (N-methyl/N-ethyl adjacent to an activating group) is 1. The lowest BCUT2D eigenvalue weighted by molar-refractivity contribution is -0.122. The van der Waals surface area contributed by atoms with Crippen molar-refractivity contribution in [1.29, 1.82) is 0 Å². The smallest absolute Gasteiger partial charge is 0.410 e. The number of nitrogens with zero attached hydrogens (tertiary/aromatic N) is 1. The first-order chi connectivity index (χ1) is 9.02. The molecule has 0 saturated heterocycles. The van der Waals surface area contributed by atoms with Crippen LogP contribution in [0.2, 0.25) is 0 Å².